The van der Waals surface area contributed by atoms with Gasteiger partial charge in [0.15, 0.2) is 0 Å². The summed E-state index contributed by atoms with van der Waals surface area (Å²) < 4.78 is 11.3. The Morgan fingerprint density at radius 2 is 2.06 bits per heavy atom. The molecule has 7 nitrogen and oxygen atoms in total. The van der Waals surface area contributed by atoms with Crippen molar-refractivity contribution in [2.45, 2.75) is 32.8 Å². The van der Waals surface area contributed by atoms with Gasteiger partial charge in [-0.25, -0.2) is 9.78 Å². The maximum atomic E-state index is 12.2. The number of thiazole rings is 1. The van der Waals surface area contributed by atoms with Crippen LogP contribution in [0.15, 0.2) is 47.3 Å². The summed E-state index contributed by atoms with van der Waals surface area (Å²) in [6.45, 7) is 3.79. The number of anilines is 1. The van der Waals surface area contributed by atoms with Crippen LogP contribution in [0, 0.1) is 5.92 Å². The van der Waals surface area contributed by atoms with Gasteiger partial charge in [0.05, 0.1) is 17.8 Å². The quantitative estimate of drug-likeness (QED) is 0.540. The number of nitrogens with zero attached hydrogens (tertiary/aromatic N) is 2. The molecule has 0 unspecified atom stereocenters. The van der Waals surface area contributed by atoms with Crippen LogP contribution in [0.25, 0.3) is 10.8 Å². The molecule has 1 aromatic heterocycles. The molecule has 0 bridgehead atoms. The number of aromatic nitrogens is 1. The maximum absolute atomic E-state index is 12.2. The molecule has 168 valence electrons. The first kappa shape index (κ1) is 22.1. The second-order valence-electron chi connectivity index (χ2n) is 7.97. The Hall–Kier alpha value is -3.13. The summed E-state index contributed by atoms with van der Waals surface area (Å²) in [6, 6.07) is 11.7. The molecule has 0 atom stereocenters. The molecule has 8 heteroatoms. The Morgan fingerprint density at radius 3 is 2.81 bits per heavy atom. The van der Waals surface area contributed by atoms with E-state index in [2.05, 4.69) is 10.3 Å². The Balaban J connectivity index is 1.21. The smallest absolute Gasteiger partial charge is 0.410 e. The van der Waals surface area contributed by atoms with Crippen LogP contribution in [-0.4, -0.2) is 41.6 Å². The fourth-order valence-corrected chi connectivity index (χ4v) is 4.48. The zero-order valence-corrected chi connectivity index (χ0v) is 18.9. The minimum Gasteiger partial charge on any atom is -0.494 e. The molecule has 2 amide bonds. The lowest BCUT2D eigenvalue weighted by Gasteiger charge is -2.31. The van der Waals surface area contributed by atoms with Gasteiger partial charge in [0.1, 0.15) is 12.4 Å². The molecule has 2 aromatic carbocycles. The van der Waals surface area contributed by atoms with E-state index in [4.69, 9.17) is 9.47 Å². The van der Waals surface area contributed by atoms with Crippen LogP contribution in [0.3, 0.4) is 0 Å². The minimum absolute atomic E-state index is 0.0865. The van der Waals surface area contributed by atoms with Crippen molar-refractivity contribution in [2.75, 3.05) is 25.0 Å². The number of piperidine rings is 1. The van der Waals surface area contributed by atoms with Crippen molar-refractivity contribution >= 4 is 39.8 Å². The largest absolute Gasteiger partial charge is 0.494 e. The molecule has 0 spiro atoms. The highest BCUT2D eigenvalue weighted by Crippen LogP contribution is 2.28. The average Bonchev–Trinajstić information content (AvgIpc) is 3.31. The van der Waals surface area contributed by atoms with Gasteiger partial charge in [-0.05, 0) is 54.8 Å². The standard InChI is InChI=1S/C24H27N3O4S/c1-17(28)26-23-4-2-3-19-13-21(5-6-22(19)23)30-12-9-18-7-10-27(11-8-18)24(29)31-14-20-15-32-16-25-20/h2-6,13,15-16,18H,7-12,14H2,1H3,(H,26,28). The number of carbonyl (C=O) groups is 2. The normalized spacial score (nSPS) is 14.3. The number of nitrogens with one attached hydrogen (secondary N) is 1. The van der Waals surface area contributed by atoms with E-state index in [-0.39, 0.29) is 18.6 Å². The fraction of sp³-hybridized carbons (Fsp3) is 0.375. The summed E-state index contributed by atoms with van der Waals surface area (Å²) in [5.74, 6) is 1.27. The minimum atomic E-state index is -0.262. The summed E-state index contributed by atoms with van der Waals surface area (Å²) in [4.78, 5) is 29.5. The zero-order valence-electron chi connectivity index (χ0n) is 18.1. The molecule has 1 aliphatic rings. The lowest BCUT2D eigenvalue weighted by molar-refractivity contribution is -0.114. The van der Waals surface area contributed by atoms with E-state index in [1.165, 1.54) is 18.3 Å². The SMILES string of the molecule is CC(=O)Nc1cccc2cc(OCCC3CCN(C(=O)OCc4cscn4)CC3)ccc12. The molecule has 1 N–H and O–H groups in total. The van der Waals surface area contributed by atoms with E-state index in [1.54, 1.807) is 10.4 Å². The highest BCUT2D eigenvalue weighted by atomic mass is 32.1. The van der Waals surface area contributed by atoms with Crippen molar-refractivity contribution in [3.63, 3.8) is 0 Å². The lowest BCUT2D eigenvalue weighted by Crippen LogP contribution is -2.39. The summed E-state index contributed by atoms with van der Waals surface area (Å²) in [7, 11) is 0. The first-order valence-electron chi connectivity index (χ1n) is 10.8. The number of hydrogen-bond donors (Lipinski definition) is 1. The molecular formula is C24H27N3O4S. The van der Waals surface area contributed by atoms with Gasteiger partial charge in [0, 0.05) is 36.5 Å². The first-order valence-corrected chi connectivity index (χ1v) is 11.7. The second kappa shape index (κ2) is 10.5. The topological polar surface area (TPSA) is 80.8 Å². The molecule has 4 rings (SSSR count). The van der Waals surface area contributed by atoms with Crippen molar-refractivity contribution in [3.8, 4) is 5.75 Å². The maximum Gasteiger partial charge on any atom is 0.410 e. The Labute approximate surface area is 191 Å². The molecule has 0 radical (unpaired) electrons. The monoisotopic (exact) mass is 453 g/mol. The van der Waals surface area contributed by atoms with Gasteiger partial charge in [0.2, 0.25) is 5.91 Å². The van der Waals surface area contributed by atoms with Crippen molar-refractivity contribution in [2.24, 2.45) is 5.92 Å². The van der Waals surface area contributed by atoms with Crippen molar-refractivity contribution < 1.29 is 19.1 Å². The van der Waals surface area contributed by atoms with Crippen LogP contribution >= 0.6 is 11.3 Å². The van der Waals surface area contributed by atoms with Crippen molar-refractivity contribution in [3.05, 3.63) is 53.0 Å². The fourth-order valence-electron chi connectivity index (χ4n) is 3.93. The number of hydrogen-bond acceptors (Lipinski definition) is 6. The number of benzene rings is 2. The van der Waals surface area contributed by atoms with E-state index in [1.807, 2.05) is 41.8 Å². The van der Waals surface area contributed by atoms with Crippen LogP contribution < -0.4 is 10.1 Å². The second-order valence-corrected chi connectivity index (χ2v) is 8.69. The molecule has 32 heavy (non-hydrogen) atoms. The predicted octanol–water partition coefficient (Wildman–Crippen LogP) is 5.07. The third kappa shape index (κ3) is 5.76. The Kier molecular flexibility index (Phi) is 7.21. The molecule has 2 heterocycles. The van der Waals surface area contributed by atoms with Gasteiger partial charge in [-0.2, -0.15) is 0 Å². The summed E-state index contributed by atoms with van der Waals surface area (Å²) in [6.07, 6.45) is 2.59. The van der Waals surface area contributed by atoms with E-state index < -0.39 is 0 Å². The molecule has 1 fully saturated rings. The highest BCUT2D eigenvalue weighted by Gasteiger charge is 2.23. The number of rotatable bonds is 7. The Morgan fingerprint density at radius 1 is 1.22 bits per heavy atom. The van der Waals surface area contributed by atoms with Gasteiger partial charge in [-0.15, -0.1) is 11.3 Å². The van der Waals surface area contributed by atoms with Gasteiger partial charge in [-0.1, -0.05) is 12.1 Å². The summed E-state index contributed by atoms with van der Waals surface area (Å²) >= 11 is 1.49. The van der Waals surface area contributed by atoms with Crippen LogP contribution in [0.5, 0.6) is 5.75 Å². The van der Waals surface area contributed by atoms with Crippen LogP contribution in [0.4, 0.5) is 10.5 Å². The lowest BCUT2D eigenvalue weighted by atomic mass is 9.94. The zero-order chi connectivity index (χ0) is 22.3. The van der Waals surface area contributed by atoms with Crippen molar-refractivity contribution in [1.82, 2.24) is 9.88 Å². The number of ether oxygens (including phenoxy) is 2. The number of carbonyl (C=O) groups excluding carboxylic acids is 2. The van der Waals surface area contributed by atoms with Gasteiger partial charge in [-0.3, -0.25) is 4.79 Å². The van der Waals surface area contributed by atoms with Crippen molar-refractivity contribution in [1.29, 1.82) is 0 Å². The van der Waals surface area contributed by atoms with Crippen LogP contribution in [0.2, 0.25) is 0 Å². The van der Waals surface area contributed by atoms with Gasteiger partial charge in [0.25, 0.3) is 0 Å². The van der Waals surface area contributed by atoms with E-state index in [0.717, 1.165) is 47.2 Å². The molecule has 0 aliphatic carbocycles. The number of fused-ring (bicyclic) bond motifs is 1. The number of likely N-dealkylation sites (tertiary alicyclic amines) is 1. The highest BCUT2D eigenvalue weighted by molar-refractivity contribution is 7.07. The van der Waals surface area contributed by atoms with Crippen LogP contribution in [-0.2, 0) is 16.1 Å². The van der Waals surface area contributed by atoms with Gasteiger partial charge >= 0.3 is 6.09 Å². The third-order valence-corrected chi connectivity index (χ3v) is 6.29. The van der Waals surface area contributed by atoms with Crippen LogP contribution in [0.1, 0.15) is 31.9 Å². The first-order chi connectivity index (χ1) is 15.6. The molecule has 1 saturated heterocycles. The summed E-state index contributed by atoms with van der Waals surface area (Å²) in [5.41, 5.74) is 3.33. The van der Waals surface area contributed by atoms with E-state index in [0.29, 0.717) is 25.6 Å². The molecule has 3 aromatic rings. The summed E-state index contributed by atoms with van der Waals surface area (Å²) in [5, 5.41) is 6.76. The third-order valence-electron chi connectivity index (χ3n) is 5.66. The average molecular weight is 454 g/mol. The van der Waals surface area contributed by atoms with E-state index in [9.17, 15) is 9.59 Å². The Bertz CT molecular complexity index is 1060. The molecule has 1 aliphatic heterocycles. The molecular weight excluding hydrogens is 426 g/mol. The number of amides is 2. The predicted molar refractivity (Wildman–Crippen MR) is 125 cm³/mol. The molecule has 0 saturated carbocycles. The van der Waals surface area contributed by atoms with E-state index >= 15 is 0 Å². The van der Waals surface area contributed by atoms with Gasteiger partial charge < -0.3 is 19.7 Å².